The lowest BCUT2D eigenvalue weighted by Gasteiger charge is -2.36. The maximum Gasteiger partial charge on any atom is 0.573 e. The van der Waals surface area contributed by atoms with E-state index >= 15 is 0 Å². The topological polar surface area (TPSA) is 204 Å². The minimum Gasteiger partial charge on any atom is -0.403 e. The van der Waals surface area contributed by atoms with E-state index in [1.807, 2.05) is 14.7 Å². The molecule has 0 radical (unpaired) electrons. The number of alkyl halides is 15. The summed E-state index contributed by atoms with van der Waals surface area (Å²) in [4.78, 5) is 105. The predicted octanol–water partition coefficient (Wildman–Crippen LogP) is 17.1. The number of hydrogen-bond acceptors (Lipinski definition) is 20. The van der Waals surface area contributed by atoms with Crippen molar-refractivity contribution in [3.8, 4) is 28.7 Å². The van der Waals surface area contributed by atoms with E-state index in [0.717, 1.165) is 126 Å². The number of ether oxygens (including phenoxy) is 6. The third-order valence-electron chi connectivity index (χ3n) is 23.2. The predicted molar refractivity (Wildman–Crippen MR) is 460 cm³/mol. The normalized spacial score (nSPS) is 17.4. The number of Topliss-reactive ketones (excluding diaryl/α,β-unsaturated/α-hetero) is 5. The second kappa shape index (κ2) is 51.9. The Labute approximate surface area is 773 Å². The molecule has 0 unspecified atom stereocenters. The van der Waals surface area contributed by atoms with E-state index in [1.165, 1.54) is 44.2 Å². The monoisotopic (exact) mass is 1950 g/mol. The Kier molecular flexibility index (Phi) is 44.0. The number of morpholine rings is 1. The number of carbonyl (C=O) groups is 7. The van der Waals surface area contributed by atoms with Crippen molar-refractivity contribution in [1.82, 2.24) is 44.1 Å². The lowest BCUT2D eigenvalue weighted by Crippen LogP contribution is -2.49. The number of amides is 2. The maximum atomic E-state index is 14.1. The first-order valence-electron chi connectivity index (χ1n) is 44.4. The van der Waals surface area contributed by atoms with Gasteiger partial charge in [0.1, 0.15) is 28.9 Å². The summed E-state index contributed by atoms with van der Waals surface area (Å²) in [5.74, 6) is -15.4. The van der Waals surface area contributed by atoms with Crippen LogP contribution in [0.4, 0.5) is 87.8 Å². The fourth-order valence-electron chi connectivity index (χ4n) is 15.7. The van der Waals surface area contributed by atoms with Gasteiger partial charge in [0.05, 0.1) is 42.8 Å². The molecule has 5 atom stereocenters. The molecule has 0 spiro atoms. The van der Waals surface area contributed by atoms with Gasteiger partial charge >= 0.3 is 31.8 Å². The average Bonchev–Trinajstić information content (AvgIpc) is 0.829. The van der Waals surface area contributed by atoms with Gasteiger partial charge in [-0.3, -0.25) is 58.1 Å². The molecule has 2 amide bonds. The van der Waals surface area contributed by atoms with E-state index in [4.69, 9.17) is 4.74 Å². The van der Waals surface area contributed by atoms with Crippen LogP contribution in [0.2, 0.25) is 0 Å². The van der Waals surface area contributed by atoms with Gasteiger partial charge in [-0.2, -0.15) is 0 Å². The standard InChI is InChI=1S/2C19H24F4N2O3.2C19H26F4N2O2.C17H21F4NO3/c2*1-12(2)18(27)15(11-24-6-8-25(9-7-24)13(3)26)14-4-5-17(16(20)10-14)28-19(21,22)23;2*1-4-24-7-9-25(10-8-24)12-15(18(26)13(2)3)14-5-6-17(16(20)11-14)27-19(21,22)23;1-11(2)16(23)13(10-22-5-7-24-8-6-22)12-3-4-15(14(18)9-12)25-17(19,20)21/h2*4-5,10,12,15H,6-9,11H2,1-3H3;2*5-6,11,13,15H,4,7-10,12H2,1-3H3;3-4,9,11,13H,5-8,10H2,1-2H3/t4*15-;13-/m10100/s1. The van der Waals surface area contributed by atoms with Crippen LogP contribution < -0.4 is 23.7 Å². The summed E-state index contributed by atoms with van der Waals surface area (Å²) in [6, 6.07) is 15.9. The zero-order chi connectivity index (χ0) is 101. The summed E-state index contributed by atoms with van der Waals surface area (Å²) >= 11 is 0. The highest BCUT2D eigenvalue weighted by molar-refractivity contribution is 5.90. The molecule has 5 aliphatic heterocycles. The van der Waals surface area contributed by atoms with Crippen LogP contribution in [-0.2, 0) is 38.3 Å². The summed E-state index contributed by atoms with van der Waals surface area (Å²) < 4.78 is 279. The third kappa shape index (κ3) is 38.5. The van der Waals surface area contributed by atoms with Crippen LogP contribution in [0.1, 0.15) is 154 Å². The number of likely N-dealkylation sites (N-methyl/N-ethyl adjacent to an activating group) is 2. The Morgan fingerprint density at radius 2 is 0.437 bits per heavy atom. The highest BCUT2D eigenvalue weighted by Gasteiger charge is 2.41. The third-order valence-corrected chi connectivity index (χ3v) is 23.2. The van der Waals surface area contributed by atoms with Gasteiger partial charge in [-0.15, -0.1) is 65.9 Å². The van der Waals surface area contributed by atoms with Gasteiger partial charge in [0.15, 0.2) is 57.8 Å². The van der Waals surface area contributed by atoms with E-state index < -0.39 is 119 Å². The Bertz CT molecular complexity index is 4400. The van der Waals surface area contributed by atoms with Gasteiger partial charge in [0, 0.05) is 194 Å². The van der Waals surface area contributed by atoms with Crippen molar-refractivity contribution in [2.75, 3.05) is 177 Å². The van der Waals surface area contributed by atoms with Crippen molar-refractivity contribution in [1.29, 1.82) is 0 Å². The average molecular weight is 1950 g/mol. The number of ketones is 5. The van der Waals surface area contributed by atoms with Crippen molar-refractivity contribution < 1.29 is 150 Å². The number of hydrogen-bond donors (Lipinski definition) is 0. The second-order valence-corrected chi connectivity index (χ2v) is 34.7. The number of carbonyl (C=O) groups excluding carboxylic acids is 7. The van der Waals surface area contributed by atoms with Gasteiger partial charge in [-0.05, 0) is 102 Å². The molecule has 756 valence electrons. The minimum atomic E-state index is -4.99. The van der Waals surface area contributed by atoms with Gasteiger partial charge in [-0.1, -0.05) is 113 Å². The quantitative estimate of drug-likeness (QED) is 0.0367. The number of halogens is 20. The molecule has 5 aromatic carbocycles. The number of rotatable bonds is 32. The van der Waals surface area contributed by atoms with Crippen LogP contribution in [0.5, 0.6) is 28.7 Å². The summed E-state index contributed by atoms with van der Waals surface area (Å²) in [7, 11) is 0. The van der Waals surface area contributed by atoms with Crippen LogP contribution in [0, 0.1) is 58.7 Å². The molecule has 0 saturated carbocycles. The molecule has 5 fully saturated rings. The van der Waals surface area contributed by atoms with Gasteiger partial charge in [0.2, 0.25) is 11.8 Å². The fraction of sp³-hybridized carbons (Fsp3) is 0.602. The molecule has 135 heavy (non-hydrogen) atoms. The van der Waals surface area contributed by atoms with E-state index in [9.17, 15) is 121 Å². The number of benzene rings is 5. The summed E-state index contributed by atoms with van der Waals surface area (Å²) in [5, 5.41) is 0. The molecule has 0 aliphatic carbocycles. The minimum absolute atomic E-state index is 0.0169. The molecule has 0 bridgehead atoms. The molecular formula is C93H121F20N9O13. The number of nitrogens with zero attached hydrogens (tertiary/aromatic N) is 9. The first kappa shape index (κ1) is 114. The van der Waals surface area contributed by atoms with Crippen LogP contribution in [0.15, 0.2) is 91.0 Å². The molecule has 5 saturated heterocycles. The van der Waals surface area contributed by atoms with Crippen molar-refractivity contribution >= 4 is 40.7 Å². The smallest absolute Gasteiger partial charge is 0.403 e. The Morgan fingerprint density at radius 1 is 0.274 bits per heavy atom. The summed E-state index contributed by atoms with van der Waals surface area (Å²) in [5.41, 5.74) is 1.70. The summed E-state index contributed by atoms with van der Waals surface area (Å²) in [6.45, 7) is 42.0. The molecule has 10 rings (SSSR count). The van der Waals surface area contributed by atoms with E-state index in [-0.39, 0.29) is 70.3 Å². The molecule has 0 N–H and O–H groups in total. The Morgan fingerprint density at radius 3 is 0.585 bits per heavy atom. The zero-order valence-corrected chi connectivity index (χ0v) is 77.9. The molecule has 5 aliphatic rings. The molecule has 5 aromatic rings. The molecule has 0 aromatic heterocycles. The fourth-order valence-corrected chi connectivity index (χ4v) is 15.7. The van der Waals surface area contributed by atoms with Gasteiger partial charge in [0.25, 0.3) is 0 Å². The van der Waals surface area contributed by atoms with E-state index in [0.29, 0.717) is 139 Å². The van der Waals surface area contributed by atoms with Gasteiger partial charge in [-0.25, -0.2) is 22.0 Å². The van der Waals surface area contributed by atoms with Crippen LogP contribution in [-0.4, -0.2) is 293 Å². The van der Waals surface area contributed by atoms with Crippen LogP contribution in [0.3, 0.4) is 0 Å². The highest BCUT2D eigenvalue weighted by Crippen LogP contribution is 2.38. The van der Waals surface area contributed by atoms with E-state index in [2.05, 4.69) is 57.1 Å². The zero-order valence-electron chi connectivity index (χ0n) is 77.9. The summed E-state index contributed by atoms with van der Waals surface area (Å²) in [6.07, 6.45) is -24.9. The largest absolute Gasteiger partial charge is 0.573 e. The SMILES string of the molecule is CC(=O)N1CCN(C[C@@H](C(=O)C(C)C)c2ccc(OC(F)(F)F)c(F)c2)CC1.CC(=O)N1CCN(C[C@H](C(=O)C(C)C)c2ccc(OC(F)(F)F)c(F)c2)CC1.CC(C)C(=O)[C@@H](CN1CCOCC1)c1ccc(OC(F)(F)F)c(F)c1.CCN1CCN(C[C@@H](C(=O)C(C)C)c2ccc(OC(F)(F)F)c(F)c2)CC1.CCN1CCN(C[C@H](C(=O)C(C)C)c2ccc(OC(F)(F)F)c(F)c2)CC1. The highest BCUT2D eigenvalue weighted by atomic mass is 19.4. The lowest BCUT2D eigenvalue weighted by molar-refractivity contribution is -0.276. The molecule has 5 heterocycles. The van der Waals surface area contributed by atoms with Crippen LogP contribution >= 0.6 is 0 Å². The van der Waals surface area contributed by atoms with Crippen molar-refractivity contribution in [3.63, 3.8) is 0 Å². The second-order valence-electron chi connectivity index (χ2n) is 34.7. The van der Waals surface area contributed by atoms with E-state index in [1.54, 1.807) is 79.0 Å². The van der Waals surface area contributed by atoms with Crippen molar-refractivity contribution in [2.24, 2.45) is 29.6 Å². The van der Waals surface area contributed by atoms with Gasteiger partial charge < -0.3 is 48.0 Å². The van der Waals surface area contributed by atoms with Crippen molar-refractivity contribution in [2.45, 2.75) is 158 Å². The molecule has 22 nitrogen and oxygen atoms in total. The van der Waals surface area contributed by atoms with Crippen molar-refractivity contribution in [3.05, 3.63) is 148 Å². The Hall–Kier alpha value is -9.33. The molecule has 42 heteroatoms. The molecular weight excluding hydrogens is 1830 g/mol. The Balaban J connectivity index is 0.000000259. The first-order valence-corrected chi connectivity index (χ1v) is 44.4. The number of piperazine rings is 4. The van der Waals surface area contributed by atoms with Crippen LogP contribution in [0.25, 0.3) is 0 Å². The first-order chi connectivity index (χ1) is 62.8. The maximum absolute atomic E-state index is 14.1. The lowest BCUT2D eigenvalue weighted by atomic mass is 9.88.